The first-order chi connectivity index (χ1) is 15.4. The van der Waals surface area contributed by atoms with Gasteiger partial charge in [0.1, 0.15) is 17.7 Å². The van der Waals surface area contributed by atoms with E-state index in [0.29, 0.717) is 63.0 Å². The zero-order valence-corrected chi connectivity index (χ0v) is 18.7. The third kappa shape index (κ3) is 5.94. The lowest BCUT2D eigenvalue weighted by Crippen LogP contribution is -2.19. The molecule has 0 spiro atoms. The summed E-state index contributed by atoms with van der Waals surface area (Å²) >= 11 is 12.5. The maximum Gasteiger partial charge on any atom is 0.223 e. The van der Waals surface area contributed by atoms with Crippen LogP contribution >= 0.6 is 23.2 Å². The molecule has 162 valence electrons. The average Bonchev–Trinajstić information content (AvgIpc) is 2.76. The molecule has 4 N–H and O–H groups in total. The van der Waals surface area contributed by atoms with E-state index in [-0.39, 0.29) is 5.84 Å². The van der Waals surface area contributed by atoms with Crippen molar-refractivity contribution in [3.05, 3.63) is 76.2 Å². The molecule has 0 aliphatic heterocycles. The van der Waals surface area contributed by atoms with Gasteiger partial charge < -0.3 is 16.4 Å². The lowest BCUT2D eigenvalue weighted by atomic mass is 10.1. The van der Waals surface area contributed by atoms with Gasteiger partial charge in [-0.15, -0.1) is 0 Å². The topological polar surface area (TPSA) is 125 Å². The predicted octanol–water partition coefficient (Wildman–Crippen LogP) is 4.48. The predicted molar refractivity (Wildman–Crippen MR) is 129 cm³/mol. The van der Waals surface area contributed by atoms with Crippen molar-refractivity contribution < 1.29 is 0 Å². The van der Waals surface area contributed by atoms with E-state index >= 15 is 0 Å². The highest BCUT2D eigenvalue weighted by molar-refractivity contribution is 6.36. The van der Waals surface area contributed by atoms with Gasteiger partial charge in [-0.3, -0.25) is 0 Å². The SMILES string of the molecule is C=C(C)/N=C(\N)c1cnc(NCCNc2ccc(C#N)cn2)nc1-c1ccc(Cl)cc1Cl. The van der Waals surface area contributed by atoms with E-state index < -0.39 is 0 Å². The molecule has 0 amide bonds. The van der Waals surface area contributed by atoms with Crippen LogP contribution < -0.4 is 16.4 Å². The second-order valence-electron chi connectivity index (χ2n) is 6.71. The summed E-state index contributed by atoms with van der Waals surface area (Å²) in [5, 5.41) is 16.1. The van der Waals surface area contributed by atoms with Gasteiger partial charge in [0.2, 0.25) is 5.95 Å². The quantitative estimate of drug-likeness (QED) is 0.253. The van der Waals surface area contributed by atoms with Crippen molar-refractivity contribution >= 4 is 40.8 Å². The molecule has 0 fully saturated rings. The van der Waals surface area contributed by atoms with Crippen molar-refractivity contribution in [1.29, 1.82) is 5.26 Å². The van der Waals surface area contributed by atoms with E-state index in [4.69, 9.17) is 34.2 Å². The second kappa shape index (κ2) is 10.6. The smallest absolute Gasteiger partial charge is 0.223 e. The van der Waals surface area contributed by atoms with Gasteiger partial charge in [0.05, 0.1) is 21.8 Å². The molecule has 0 unspecified atom stereocenters. The number of nitriles is 1. The fourth-order valence-electron chi connectivity index (χ4n) is 2.74. The molecule has 2 heterocycles. The summed E-state index contributed by atoms with van der Waals surface area (Å²) in [6, 6.07) is 10.6. The van der Waals surface area contributed by atoms with Crippen molar-refractivity contribution in [2.24, 2.45) is 10.7 Å². The van der Waals surface area contributed by atoms with Gasteiger partial charge in [0.25, 0.3) is 0 Å². The minimum atomic E-state index is 0.235. The number of nitrogens with two attached hydrogens (primary N) is 1. The molecule has 0 saturated heterocycles. The molecule has 32 heavy (non-hydrogen) atoms. The van der Waals surface area contributed by atoms with Gasteiger partial charge in [-0.05, 0) is 37.3 Å². The number of amidine groups is 1. The standard InChI is InChI=1S/C22H20Cl2N8/c1-13(2)31-21(26)17-12-30-22(32-20(17)16-5-4-15(23)9-18(16)24)28-8-7-27-19-6-3-14(10-25)11-29-19/h3-6,9,11-12H,1,7-8H2,2H3,(H2,26,31)(H,27,29)(H,28,30,32). The summed E-state index contributed by atoms with van der Waals surface area (Å²) in [6.07, 6.45) is 3.10. The Balaban J connectivity index is 1.79. The molecule has 0 aliphatic carbocycles. The van der Waals surface area contributed by atoms with Crippen LogP contribution in [-0.4, -0.2) is 33.9 Å². The highest BCUT2D eigenvalue weighted by atomic mass is 35.5. The van der Waals surface area contributed by atoms with Gasteiger partial charge in [-0.25, -0.2) is 19.9 Å². The molecule has 0 aliphatic rings. The van der Waals surface area contributed by atoms with Crippen molar-refractivity contribution in [3.63, 3.8) is 0 Å². The Kier molecular flexibility index (Phi) is 7.60. The largest absolute Gasteiger partial charge is 0.383 e. The Morgan fingerprint density at radius 3 is 2.59 bits per heavy atom. The maximum atomic E-state index is 8.83. The molecular formula is C22H20Cl2N8. The number of pyridine rings is 1. The summed E-state index contributed by atoms with van der Waals surface area (Å²) in [7, 11) is 0. The molecule has 10 heteroatoms. The monoisotopic (exact) mass is 466 g/mol. The number of aromatic nitrogens is 3. The fraction of sp³-hybridized carbons (Fsp3) is 0.136. The number of halogens is 2. The van der Waals surface area contributed by atoms with E-state index in [1.165, 1.54) is 6.20 Å². The summed E-state index contributed by atoms with van der Waals surface area (Å²) in [5.74, 6) is 1.30. The van der Waals surface area contributed by atoms with Crippen molar-refractivity contribution in [1.82, 2.24) is 15.0 Å². The van der Waals surface area contributed by atoms with Crippen molar-refractivity contribution in [2.45, 2.75) is 6.92 Å². The van der Waals surface area contributed by atoms with Gasteiger partial charge in [0, 0.05) is 41.8 Å². The van der Waals surface area contributed by atoms with E-state index in [2.05, 4.69) is 37.2 Å². The number of aliphatic imine (C=N–C) groups is 1. The highest BCUT2D eigenvalue weighted by Crippen LogP contribution is 2.31. The summed E-state index contributed by atoms with van der Waals surface area (Å²) in [6.45, 7) is 6.58. The van der Waals surface area contributed by atoms with Crippen LogP contribution in [-0.2, 0) is 0 Å². The van der Waals surface area contributed by atoms with Gasteiger partial charge >= 0.3 is 0 Å². The third-order valence-corrected chi connectivity index (χ3v) is 4.72. The van der Waals surface area contributed by atoms with E-state index in [0.717, 1.165) is 0 Å². The molecular weight excluding hydrogens is 447 g/mol. The number of allylic oxidation sites excluding steroid dienone is 1. The Labute approximate surface area is 195 Å². The van der Waals surface area contributed by atoms with Crippen LogP contribution in [0.3, 0.4) is 0 Å². The molecule has 0 bridgehead atoms. The van der Waals surface area contributed by atoms with Crippen molar-refractivity contribution in [3.8, 4) is 17.3 Å². The maximum absolute atomic E-state index is 8.83. The zero-order valence-electron chi connectivity index (χ0n) is 17.2. The molecule has 0 radical (unpaired) electrons. The molecule has 3 aromatic rings. The lowest BCUT2D eigenvalue weighted by molar-refractivity contribution is 1.02. The van der Waals surface area contributed by atoms with E-state index in [1.807, 2.05) is 6.07 Å². The number of benzene rings is 1. The van der Waals surface area contributed by atoms with Crippen LogP contribution in [0.1, 0.15) is 18.1 Å². The number of rotatable bonds is 8. The number of hydrogen-bond acceptors (Lipinski definition) is 7. The van der Waals surface area contributed by atoms with E-state index in [9.17, 15) is 0 Å². The van der Waals surface area contributed by atoms with Gasteiger partial charge in [-0.1, -0.05) is 29.8 Å². The van der Waals surface area contributed by atoms with Crippen LogP contribution in [0, 0.1) is 11.3 Å². The van der Waals surface area contributed by atoms with Crippen LogP contribution in [0.5, 0.6) is 0 Å². The number of nitrogens with zero attached hydrogens (tertiary/aromatic N) is 5. The van der Waals surface area contributed by atoms with E-state index in [1.54, 1.807) is 43.5 Å². The third-order valence-electron chi connectivity index (χ3n) is 4.17. The summed E-state index contributed by atoms with van der Waals surface area (Å²) in [5.41, 5.74) is 8.92. The first-order valence-electron chi connectivity index (χ1n) is 9.54. The first-order valence-corrected chi connectivity index (χ1v) is 10.3. The number of hydrogen-bond donors (Lipinski definition) is 3. The van der Waals surface area contributed by atoms with Crippen LogP contribution in [0.4, 0.5) is 11.8 Å². The highest BCUT2D eigenvalue weighted by Gasteiger charge is 2.16. The Bertz CT molecular complexity index is 1200. The summed E-state index contributed by atoms with van der Waals surface area (Å²) < 4.78 is 0. The Hall–Kier alpha value is -3.67. The minimum Gasteiger partial charge on any atom is -0.383 e. The molecule has 2 aromatic heterocycles. The van der Waals surface area contributed by atoms with Gasteiger partial charge in [0.15, 0.2) is 0 Å². The summed E-state index contributed by atoms with van der Waals surface area (Å²) in [4.78, 5) is 17.3. The lowest BCUT2D eigenvalue weighted by Gasteiger charge is -2.13. The number of anilines is 2. The van der Waals surface area contributed by atoms with Crippen LogP contribution in [0.25, 0.3) is 11.3 Å². The van der Waals surface area contributed by atoms with Gasteiger partial charge in [-0.2, -0.15) is 5.26 Å². The zero-order chi connectivity index (χ0) is 23.1. The Morgan fingerprint density at radius 1 is 1.16 bits per heavy atom. The Morgan fingerprint density at radius 2 is 1.94 bits per heavy atom. The molecule has 3 rings (SSSR count). The average molecular weight is 467 g/mol. The molecule has 8 nitrogen and oxygen atoms in total. The molecule has 1 aromatic carbocycles. The van der Waals surface area contributed by atoms with Crippen LogP contribution in [0.15, 0.2) is 60.0 Å². The molecule has 0 atom stereocenters. The molecule has 0 saturated carbocycles. The van der Waals surface area contributed by atoms with Crippen LogP contribution in [0.2, 0.25) is 10.0 Å². The fourth-order valence-corrected chi connectivity index (χ4v) is 3.23. The first kappa shape index (κ1) is 23.0. The normalized spacial score (nSPS) is 11.0. The second-order valence-corrected chi connectivity index (χ2v) is 7.55. The number of nitrogens with one attached hydrogen (secondary N) is 2. The van der Waals surface area contributed by atoms with Crippen molar-refractivity contribution in [2.75, 3.05) is 23.7 Å². The minimum absolute atomic E-state index is 0.235.